The molecule has 2 heterocycles. The highest BCUT2D eigenvalue weighted by Gasteiger charge is 2.34. The first-order chi connectivity index (χ1) is 14.3. The maximum Gasteiger partial charge on any atom is 0.251 e. The molecule has 0 aliphatic carbocycles. The van der Waals surface area contributed by atoms with Gasteiger partial charge in [-0.3, -0.25) is 9.69 Å². The lowest BCUT2D eigenvalue weighted by Gasteiger charge is -2.38. The molecule has 2 aliphatic heterocycles. The number of aryl methyl sites for hydroxylation is 1. The highest BCUT2D eigenvalue weighted by molar-refractivity contribution is 5.94. The van der Waals surface area contributed by atoms with Crippen molar-refractivity contribution in [2.75, 3.05) is 13.1 Å². The molecule has 2 atom stereocenters. The zero-order valence-electron chi connectivity index (χ0n) is 18.7. The van der Waals surface area contributed by atoms with Gasteiger partial charge in [0, 0.05) is 30.6 Å². The lowest BCUT2D eigenvalue weighted by Crippen LogP contribution is -2.41. The number of nitrogens with zero attached hydrogens (tertiary/aromatic N) is 1. The maximum absolute atomic E-state index is 13.0. The summed E-state index contributed by atoms with van der Waals surface area (Å²) in [5.74, 6) is 1.63. The Kier molecular flexibility index (Phi) is 5.88. The van der Waals surface area contributed by atoms with Gasteiger partial charge in [-0.05, 0) is 75.4 Å². The minimum absolute atomic E-state index is 0.0256. The number of ether oxygens (including phenoxy) is 1. The highest BCUT2D eigenvalue weighted by Crippen LogP contribution is 2.40. The number of benzene rings is 2. The number of likely N-dealkylation sites (tertiary alicyclic amines) is 1. The van der Waals surface area contributed by atoms with Gasteiger partial charge in [-0.25, -0.2) is 0 Å². The fraction of sp³-hybridized carbons (Fsp3) is 0.500. The number of hydrogen-bond donors (Lipinski definition) is 1. The first-order valence-electron chi connectivity index (χ1n) is 11.2. The lowest BCUT2D eigenvalue weighted by molar-refractivity contribution is 0.0619. The topological polar surface area (TPSA) is 41.6 Å². The first kappa shape index (κ1) is 20.9. The minimum atomic E-state index is -0.311. The number of fused-ring (bicyclic) bond motifs is 1. The van der Waals surface area contributed by atoms with Crippen molar-refractivity contribution < 1.29 is 9.53 Å². The van der Waals surface area contributed by atoms with Crippen LogP contribution in [0.5, 0.6) is 5.75 Å². The molecule has 0 radical (unpaired) electrons. The molecular formula is C26H34N2O2. The Labute approximate surface area is 180 Å². The Morgan fingerprint density at radius 3 is 2.70 bits per heavy atom. The van der Waals surface area contributed by atoms with Gasteiger partial charge in [0.2, 0.25) is 0 Å². The van der Waals surface area contributed by atoms with Crippen LogP contribution in [-0.4, -0.2) is 29.5 Å². The van der Waals surface area contributed by atoms with Crippen molar-refractivity contribution >= 4 is 5.91 Å². The minimum Gasteiger partial charge on any atom is -0.487 e. The molecule has 0 unspecified atom stereocenters. The summed E-state index contributed by atoms with van der Waals surface area (Å²) in [5, 5.41) is 3.24. The molecule has 4 rings (SSSR count). The molecule has 4 nitrogen and oxygen atoms in total. The SMILES string of the molecule is Cc1ccc2c(c1)OC(C)(C)C[C@H]2NC(=O)c1ccc(CN2CCC[C@@H](C)C2)cc1. The average molecular weight is 407 g/mol. The summed E-state index contributed by atoms with van der Waals surface area (Å²) >= 11 is 0. The standard InChI is InChI=1S/C26H34N2O2/c1-18-7-12-22-23(15-26(3,4)30-24(22)14-18)27-25(29)21-10-8-20(9-11-21)17-28-13-5-6-19(2)16-28/h7-12,14,19,23H,5-6,13,15-17H2,1-4H3,(H,27,29)/t19-,23-/m1/s1. The van der Waals surface area contributed by atoms with E-state index < -0.39 is 0 Å². The third-order valence-electron chi connectivity index (χ3n) is 6.30. The fourth-order valence-corrected chi connectivity index (χ4v) is 4.78. The third kappa shape index (κ3) is 4.86. The molecule has 2 aromatic rings. The van der Waals surface area contributed by atoms with Crippen LogP contribution >= 0.6 is 0 Å². The molecule has 1 saturated heterocycles. The summed E-state index contributed by atoms with van der Waals surface area (Å²) in [7, 11) is 0. The van der Waals surface area contributed by atoms with Crippen LogP contribution in [-0.2, 0) is 6.54 Å². The Balaban J connectivity index is 1.44. The molecular weight excluding hydrogens is 372 g/mol. The van der Waals surface area contributed by atoms with Crippen molar-refractivity contribution in [3.05, 3.63) is 64.7 Å². The van der Waals surface area contributed by atoms with E-state index >= 15 is 0 Å². The summed E-state index contributed by atoms with van der Waals surface area (Å²) < 4.78 is 6.16. The molecule has 1 fully saturated rings. The van der Waals surface area contributed by atoms with Gasteiger partial charge in [0.15, 0.2) is 0 Å². The third-order valence-corrected chi connectivity index (χ3v) is 6.30. The van der Waals surface area contributed by atoms with E-state index in [0.717, 1.165) is 35.8 Å². The van der Waals surface area contributed by atoms with Crippen LogP contribution < -0.4 is 10.1 Å². The second-order valence-electron chi connectivity index (χ2n) is 9.81. The van der Waals surface area contributed by atoms with Crippen LogP contribution in [0.1, 0.15) is 73.1 Å². The molecule has 160 valence electrons. The van der Waals surface area contributed by atoms with E-state index in [0.29, 0.717) is 5.56 Å². The van der Waals surface area contributed by atoms with Gasteiger partial charge < -0.3 is 10.1 Å². The predicted octanol–water partition coefficient (Wildman–Crippen LogP) is 5.26. The number of hydrogen-bond acceptors (Lipinski definition) is 3. The molecule has 0 spiro atoms. The van der Waals surface area contributed by atoms with Crippen LogP contribution in [0.2, 0.25) is 0 Å². The number of carbonyl (C=O) groups excluding carboxylic acids is 1. The average Bonchev–Trinajstić information content (AvgIpc) is 2.67. The van der Waals surface area contributed by atoms with Gasteiger partial charge in [-0.1, -0.05) is 31.2 Å². The van der Waals surface area contributed by atoms with Crippen molar-refractivity contribution in [3.63, 3.8) is 0 Å². The van der Waals surface area contributed by atoms with E-state index in [1.165, 1.54) is 31.5 Å². The predicted molar refractivity (Wildman–Crippen MR) is 121 cm³/mol. The summed E-state index contributed by atoms with van der Waals surface area (Å²) in [5.41, 5.74) is 3.89. The van der Waals surface area contributed by atoms with Crippen LogP contribution in [0.25, 0.3) is 0 Å². The van der Waals surface area contributed by atoms with Gasteiger partial charge in [0.25, 0.3) is 5.91 Å². The van der Waals surface area contributed by atoms with E-state index in [1.54, 1.807) is 0 Å². The van der Waals surface area contributed by atoms with Crippen molar-refractivity contribution in [1.82, 2.24) is 10.2 Å². The monoisotopic (exact) mass is 406 g/mol. The van der Waals surface area contributed by atoms with Gasteiger partial charge in [0.05, 0.1) is 6.04 Å². The van der Waals surface area contributed by atoms with E-state index in [-0.39, 0.29) is 17.6 Å². The second kappa shape index (κ2) is 8.43. The Morgan fingerprint density at radius 2 is 1.97 bits per heavy atom. The van der Waals surface area contributed by atoms with E-state index in [1.807, 2.05) is 12.1 Å². The lowest BCUT2D eigenvalue weighted by atomic mass is 9.89. The van der Waals surface area contributed by atoms with E-state index in [9.17, 15) is 4.79 Å². The van der Waals surface area contributed by atoms with Crippen LogP contribution in [0.15, 0.2) is 42.5 Å². The largest absolute Gasteiger partial charge is 0.487 e. The maximum atomic E-state index is 13.0. The quantitative estimate of drug-likeness (QED) is 0.753. The summed E-state index contributed by atoms with van der Waals surface area (Å²) in [6.07, 6.45) is 3.37. The van der Waals surface area contributed by atoms with Gasteiger partial charge in [-0.15, -0.1) is 0 Å². The number of piperidine rings is 1. The molecule has 2 aliphatic rings. The van der Waals surface area contributed by atoms with Crippen molar-refractivity contribution in [3.8, 4) is 5.75 Å². The molecule has 2 aromatic carbocycles. The van der Waals surface area contributed by atoms with Crippen molar-refractivity contribution in [1.29, 1.82) is 0 Å². The Hall–Kier alpha value is -2.33. The van der Waals surface area contributed by atoms with Crippen LogP contribution in [0.3, 0.4) is 0 Å². The van der Waals surface area contributed by atoms with Gasteiger partial charge in [0.1, 0.15) is 11.4 Å². The Bertz CT molecular complexity index is 904. The van der Waals surface area contributed by atoms with Crippen molar-refractivity contribution in [2.45, 2.75) is 65.1 Å². The fourth-order valence-electron chi connectivity index (χ4n) is 4.78. The summed E-state index contributed by atoms with van der Waals surface area (Å²) in [4.78, 5) is 15.5. The van der Waals surface area contributed by atoms with Crippen molar-refractivity contribution in [2.24, 2.45) is 5.92 Å². The summed E-state index contributed by atoms with van der Waals surface area (Å²) in [6.45, 7) is 11.8. The molecule has 0 bridgehead atoms. The highest BCUT2D eigenvalue weighted by atomic mass is 16.5. The van der Waals surface area contributed by atoms with Gasteiger partial charge in [-0.2, -0.15) is 0 Å². The molecule has 1 amide bonds. The second-order valence-corrected chi connectivity index (χ2v) is 9.81. The number of nitrogens with one attached hydrogen (secondary N) is 1. The normalized spacial score (nSPS) is 23.3. The molecule has 4 heteroatoms. The van der Waals surface area contributed by atoms with Crippen LogP contribution in [0, 0.1) is 12.8 Å². The van der Waals surface area contributed by atoms with Crippen LogP contribution in [0.4, 0.5) is 0 Å². The van der Waals surface area contributed by atoms with Gasteiger partial charge >= 0.3 is 0 Å². The summed E-state index contributed by atoms with van der Waals surface area (Å²) in [6, 6.07) is 14.3. The molecule has 0 aromatic heterocycles. The zero-order valence-corrected chi connectivity index (χ0v) is 18.7. The zero-order chi connectivity index (χ0) is 21.3. The number of carbonyl (C=O) groups is 1. The molecule has 0 saturated carbocycles. The van der Waals surface area contributed by atoms with E-state index in [4.69, 9.17) is 4.74 Å². The Morgan fingerprint density at radius 1 is 1.20 bits per heavy atom. The molecule has 1 N–H and O–H groups in total. The number of rotatable bonds is 4. The number of amides is 1. The molecule has 30 heavy (non-hydrogen) atoms. The van der Waals surface area contributed by atoms with E-state index in [2.05, 4.69) is 68.2 Å². The first-order valence-corrected chi connectivity index (χ1v) is 11.2. The smallest absolute Gasteiger partial charge is 0.251 e.